The number of amidine groups is 2. The van der Waals surface area contributed by atoms with Crippen LogP contribution >= 0.6 is 11.3 Å². The average molecular weight is 749 g/mol. The first-order valence-corrected chi connectivity index (χ1v) is 20.0. The Balaban J connectivity index is 1.00. The molecule has 1 aliphatic rings. The minimum Gasteiger partial charge on any atom is -0.455 e. The van der Waals surface area contributed by atoms with Crippen LogP contribution in [0.5, 0.6) is 0 Å². The van der Waals surface area contributed by atoms with Crippen molar-refractivity contribution in [2.45, 2.75) is 6.17 Å². The van der Waals surface area contributed by atoms with Gasteiger partial charge >= 0.3 is 0 Å². The Kier molecular flexibility index (Phi) is 7.09. The van der Waals surface area contributed by atoms with E-state index < -0.39 is 0 Å². The molecule has 0 saturated heterocycles. The van der Waals surface area contributed by atoms with Crippen molar-refractivity contribution in [3.05, 3.63) is 199 Å². The highest BCUT2D eigenvalue weighted by molar-refractivity contribution is 7.26. The van der Waals surface area contributed by atoms with Crippen LogP contribution in [0.25, 0.3) is 80.7 Å². The Morgan fingerprint density at radius 3 is 2.00 bits per heavy atom. The molecule has 5 nitrogen and oxygen atoms in total. The SMILES string of the molecule is c1ccc(C2=NC(c3ccc4sc5cccc(-c6cccc7c6oc6cc(-n8c9ccccc9c9ccccc98)ccc67)c5c4c3)NC(c3ccccc3)=N2)cc1. The third-order valence-electron chi connectivity index (χ3n) is 11.3. The lowest BCUT2D eigenvalue weighted by Crippen LogP contribution is -2.33. The molecule has 6 heteroatoms. The number of hydrogen-bond acceptors (Lipinski definition) is 5. The van der Waals surface area contributed by atoms with E-state index in [1.807, 2.05) is 47.7 Å². The predicted octanol–water partition coefficient (Wildman–Crippen LogP) is 13.2. The average Bonchev–Trinajstić information content (AvgIpc) is 3.96. The number of furan rings is 1. The molecule has 11 aromatic rings. The number of rotatable bonds is 5. The smallest absolute Gasteiger partial charge is 0.159 e. The molecule has 1 atom stereocenters. The molecule has 1 unspecified atom stereocenters. The molecular formula is C51H32N4OS. The van der Waals surface area contributed by atoms with Gasteiger partial charge in [-0.25, -0.2) is 9.98 Å². The Labute approximate surface area is 331 Å². The molecule has 12 rings (SSSR count). The van der Waals surface area contributed by atoms with Crippen LogP contribution in [0.1, 0.15) is 22.9 Å². The fourth-order valence-corrected chi connectivity index (χ4v) is 9.77. The van der Waals surface area contributed by atoms with Gasteiger partial charge in [0.1, 0.15) is 23.2 Å². The first-order valence-electron chi connectivity index (χ1n) is 19.2. The first-order chi connectivity index (χ1) is 28.2. The van der Waals surface area contributed by atoms with E-state index in [4.69, 9.17) is 14.4 Å². The van der Waals surface area contributed by atoms with Crippen LogP contribution in [0.15, 0.2) is 196 Å². The van der Waals surface area contributed by atoms with Crippen molar-refractivity contribution in [2.75, 3.05) is 0 Å². The van der Waals surface area contributed by atoms with Crippen molar-refractivity contribution in [1.29, 1.82) is 0 Å². The number of aliphatic imine (C=N–C) groups is 2. The second-order valence-electron chi connectivity index (χ2n) is 14.6. The maximum atomic E-state index is 6.91. The topological polar surface area (TPSA) is 54.8 Å². The van der Waals surface area contributed by atoms with E-state index >= 15 is 0 Å². The summed E-state index contributed by atoms with van der Waals surface area (Å²) in [5.41, 5.74) is 10.5. The van der Waals surface area contributed by atoms with Crippen LogP contribution in [0.3, 0.4) is 0 Å². The summed E-state index contributed by atoms with van der Waals surface area (Å²) in [6.45, 7) is 0. The Hall–Kier alpha value is -7.28. The highest BCUT2D eigenvalue weighted by Crippen LogP contribution is 2.45. The van der Waals surface area contributed by atoms with Crippen LogP contribution < -0.4 is 5.32 Å². The van der Waals surface area contributed by atoms with Gasteiger partial charge in [0.05, 0.1) is 11.0 Å². The number of aromatic nitrogens is 1. The van der Waals surface area contributed by atoms with Gasteiger partial charge in [0.2, 0.25) is 0 Å². The van der Waals surface area contributed by atoms with Crippen LogP contribution in [0, 0.1) is 0 Å². The monoisotopic (exact) mass is 748 g/mol. The normalized spacial score (nSPS) is 14.5. The Morgan fingerprint density at radius 1 is 0.526 bits per heavy atom. The molecule has 8 aromatic carbocycles. The quantitative estimate of drug-likeness (QED) is 0.191. The summed E-state index contributed by atoms with van der Waals surface area (Å²) >= 11 is 1.82. The van der Waals surface area contributed by atoms with E-state index in [1.165, 1.54) is 42.0 Å². The van der Waals surface area contributed by atoms with Crippen molar-refractivity contribution in [2.24, 2.45) is 9.98 Å². The van der Waals surface area contributed by atoms with Crippen molar-refractivity contribution in [3.63, 3.8) is 0 Å². The highest BCUT2D eigenvalue weighted by atomic mass is 32.1. The number of nitrogens with one attached hydrogen (secondary N) is 1. The largest absolute Gasteiger partial charge is 0.455 e. The first kappa shape index (κ1) is 32.0. The highest BCUT2D eigenvalue weighted by Gasteiger charge is 2.23. The van der Waals surface area contributed by atoms with Crippen LogP contribution in [0.4, 0.5) is 0 Å². The second-order valence-corrected chi connectivity index (χ2v) is 15.6. The maximum Gasteiger partial charge on any atom is 0.159 e. The van der Waals surface area contributed by atoms with E-state index in [-0.39, 0.29) is 6.17 Å². The maximum absolute atomic E-state index is 6.91. The molecule has 4 heterocycles. The molecule has 0 saturated carbocycles. The van der Waals surface area contributed by atoms with Gasteiger partial charge in [-0.1, -0.05) is 133 Å². The summed E-state index contributed by atoms with van der Waals surface area (Å²) in [7, 11) is 0. The van der Waals surface area contributed by atoms with Crippen LogP contribution in [0.2, 0.25) is 0 Å². The van der Waals surface area contributed by atoms with Gasteiger partial charge in [-0.3, -0.25) is 0 Å². The van der Waals surface area contributed by atoms with E-state index in [0.29, 0.717) is 5.84 Å². The number of thiophene rings is 1. The van der Waals surface area contributed by atoms with E-state index in [0.717, 1.165) is 61.3 Å². The van der Waals surface area contributed by atoms with Crippen LogP contribution in [-0.2, 0) is 0 Å². The summed E-state index contributed by atoms with van der Waals surface area (Å²) in [5, 5.41) is 10.8. The van der Waals surface area contributed by atoms with Gasteiger partial charge < -0.3 is 14.3 Å². The molecule has 268 valence electrons. The van der Waals surface area contributed by atoms with Crippen molar-refractivity contribution in [3.8, 4) is 16.8 Å². The van der Waals surface area contributed by atoms with Crippen molar-refractivity contribution >= 4 is 86.9 Å². The molecule has 3 aromatic heterocycles. The van der Waals surface area contributed by atoms with Gasteiger partial charge in [-0.2, -0.15) is 0 Å². The summed E-state index contributed by atoms with van der Waals surface area (Å²) in [4.78, 5) is 10.2. The molecule has 0 radical (unpaired) electrons. The predicted molar refractivity (Wildman–Crippen MR) is 238 cm³/mol. The fourth-order valence-electron chi connectivity index (χ4n) is 8.66. The number of fused-ring (bicyclic) bond motifs is 9. The van der Waals surface area contributed by atoms with E-state index in [1.54, 1.807) is 0 Å². The molecule has 1 aliphatic heterocycles. The molecule has 0 fully saturated rings. The minimum absolute atomic E-state index is 0.318. The van der Waals surface area contributed by atoms with Gasteiger partial charge in [0, 0.05) is 70.2 Å². The lowest BCUT2D eigenvalue weighted by Gasteiger charge is -2.23. The number of hydrogen-bond donors (Lipinski definition) is 1. The Bertz CT molecular complexity index is 3390. The fraction of sp³-hybridized carbons (Fsp3) is 0.0196. The standard InChI is InChI=1S/C51H32N4OS/c1-3-13-31(14-4-1)49-52-50(32-15-5-2-6-16-32)54-51(53-49)33-25-28-45-41(29-33)47-38(19-12-24-46(47)57-45)40-21-11-20-39-37-27-26-34(30-44(37)56-48(39)40)55-42-22-9-7-17-35(42)36-18-8-10-23-43(36)55/h1-30,51H,(H,52,53,54). The number of benzene rings is 8. The third-order valence-corrected chi connectivity index (χ3v) is 12.4. The van der Waals surface area contributed by atoms with Crippen LogP contribution in [-0.4, -0.2) is 16.2 Å². The molecule has 0 spiro atoms. The summed E-state index contributed by atoms with van der Waals surface area (Å²) in [5.74, 6) is 1.52. The van der Waals surface area contributed by atoms with E-state index in [2.05, 4.69) is 155 Å². The van der Waals surface area contributed by atoms with E-state index in [9.17, 15) is 0 Å². The van der Waals surface area contributed by atoms with Gasteiger partial charge in [-0.15, -0.1) is 11.3 Å². The summed E-state index contributed by atoms with van der Waals surface area (Å²) in [6, 6.07) is 64.3. The minimum atomic E-state index is -0.318. The zero-order chi connectivity index (χ0) is 37.5. The van der Waals surface area contributed by atoms with Crippen molar-refractivity contribution in [1.82, 2.24) is 9.88 Å². The lowest BCUT2D eigenvalue weighted by molar-refractivity contribution is 0.670. The molecular weight excluding hydrogens is 717 g/mol. The summed E-state index contributed by atoms with van der Waals surface area (Å²) in [6.07, 6.45) is -0.318. The summed E-state index contributed by atoms with van der Waals surface area (Å²) < 4.78 is 11.7. The molecule has 0 aliphatic carbocycles. The Morgan fingerprint density at radius 2 is 1.21 bits per heavy atom. The molecule has 0 amide bonds. The zero-order valence-electron chi connectivity index (χ0n) is 30.6. The lowest BCUT2D eigenvalue weighted by atomic mass is 9.96. The third kappa shape index (κ3) is 5.08. The number of nitrogens with zero attached hydrogens (tertiary/aromatic N) is 3. The molecule has 57 heavy (non-hydrogen) atoms. The zero-order valence-corrected chi connectivity index (χ0v) is 31.4. The van der Waals surface area contributed by atoms with Crippen molar-refractivity contribution < 1.29 is 4.42 Å². The van der Waals surface area contributed by atoms with Gasteiger partial charge in [-0.05, 0) is 53.6 Å². The molecule has 1 N–H and O–H groups in total. The van der Waals surface area contributed by atoms with Gasteiger partial charge in [0.25, 0.3) is 0 Å². The number of para-hydroxylation sites is 3. The second kappa shape index (κ2) is 12.6. The molecule has 0 bridgehead atoms. The van der Waals surface area contributed by atoms with Gasteiger partial charge in [0.15, 0.2) is 5.84 Å².